The van der Waals surface area contributed by atoms with Gasteiger partial charge in [-0.05, 0) is 26.4 Å². The predicted octanol–water partition coefficient (Wildman–Crippen LogP) is 2.93. The summed E-state index contributed by atoms with van der Waals surface area (Å²) >= 11 is 6.39. The van der Waals surface area contributed by atoms with Crippen LogP contribution in [0.5, 0.6) is 11.5 Å². The van der Waals surface area contributed by atoms with Crippen LogP contribution in [0.1, 0.15) is 30.1 Å². The highest BCUT2D eigenvalue weighted by Crippen LogP contribution is 2.42. The number of likely N-dealkylation sites (N-methyl/N-ethyl adjacent to an activating group) is 1. The van der Waals surface area contributed by atoms with Gasteiger partial charge in [0.15, 0.2) is 5.43 Å². The van der Waals surface area contributed by atoms with Crippen molar-refractivity contribution in [3.05, 3.63) is 51.9 Å². The second-order valence-electron chi connectivity index (χ2n) is 7.49. The van der Waals surface area contributed by atoms with Gasteiger partial charge in [0.2, 0.25) is 0 Å². The van der Waals surface area contributed by atoms with Crippen molar-refractivity contribution in [3.8, 4) is 11.5 Å². The molecule has 1 unspecified atom stereocenters. The van der Waals surface area contributed by atoms with Gasteiger partial charge in [-0.1, -0.05) is 18.2 Å². The number of alkyl halides is 1. The van der Waals surface area contributed by atoms with Crippen LogP contribution >= 0.6 is 11.6 Å². The minimum absolute atomic E-state index is 0.000696. The number of halogens is 1. The molecule has 0 saturated carbocycles. The number of aliphatic hydroxyl groups excluding tert-OH is 1. The second-order valence-corrected chi connectivity index (χ2v) is 8.01. The maximum absolute atomic E-state index is 12.8. The molecule has 2 aromatic rings. The molecule has 6 nitrogen and oxygen atoms in total. The molecule has 148 valence electrons. The molecule has 0 bridgehead atoms. The SMILES string of the molecule is CN1CC[C@H](c2c(O)cc(O)c3c(=O)cc(C4=CC=CCC4Cl)oc23)[C@H](O)C1. The van der Waals surface area contributed by atoms with E-state index >= 15 is 0 Å². The molecule has 0 spiro atoms. The fourth-order valence-electron chi connectivity index (χ4n) is 4.09. The maximum Gasteiger partial charge on any atom is 0.197 e. The summed E-state index contributed by atoms with van der Waals surface area (Å²) < 4.78 is 6.04. The van der Waals surface area contributed by atoms with Crippen molar-refractivity contribution in [3.63, 3.8) is 0 Å². The highest BCUT2D eigenvalue weighted by Gasteiger charge is 2.33. The summed E-state index contributed by atoms with van der Waals surface area (Å²) in [5.74, 6) is -0.655. The number of aromatic hydroxyl groups is 2. The fourth-order valence-corrected chi connectivity index (χ4v) is 4.37. The van der Waals surface area contributed by atoms with Crippen molar-refractivity contribution in [2.75, 3.05) is 20.1 Å². The zero-order valence-electron chi connectivity index (χ0n) is 15.4. The van der Waals surface area contributed by atoms with Crippen molar-refractivity contribution in [2.45, 2.75) is 30.2 Å². The number of β-amino-alcohol motifs (C(OH)–C–C–N with tert-alkyl or cyclic N) is 1. The van der Waals surface area contributed by atoms with Crippen molar-refractivity contribution in [1.82, 2.24) is 4.90 Å². The molecule has 3 N–H and O–H groups in total. The Morgan fingerprint density at radius 3 is 2.75 bits per heavy atom. The molecule has 1 aliphatic heterocycles. The van der Waals surface area contributed by atoms with Gasteiger partial charge in [-0.3, -0.25) is 4.79 Å². The van der Waals surface area contributed by atoms with Crippen molar-refractivity contribution < 1.29 is 19.7 Å². The zero-order valence-corrected chi connectivity index (χ0v) is 16.2. The summed E-state index contributed by atoms with van der Waals surface area (Å²) in [6.07, 6.45) is 6.03. The lowest BCUT2D eigenvalue weighted by atomic mass is 9.85. The average Bonchev–Trinajstić information content (AvgIpc) is 2.63. The number of allylic oxidation sites excluding steroid dienone is 4. The Labute approximate surface area is 167 Å². The van der Waals surface area contributed by atoms with Gasteiger partial charge < -0.3 is 24.6 Å². The Bertz CT molecular complexity index is 1040. The van der Waals surface area contributed by atoms with Gasteiger partial charge in [0.1, 0.15) is 28.2 Å². The van der Waals surface area contributed by atoms with Crippen LogP contribution in [0.4, 0.5) is 0 Å². The van der Waals surface area contributed by atoms with E-state index < -0.39 is 17.5 Å². The Morgan fingerprint density at radius 1 is 1.25 bits per heavy atom. The minimum atomic E-state index is -0.732. The van der Waals surface area contributed by atoms with Gasteiger partial charge in [0, 0.05) is 35.7 Å². The molecule has 0 radical (unpaired) electrons. The zero-order chi connectivity index (χ0) is 20.0. The molecule has 1 aromatic heterocycles. The number of rotatable bonds is 2. The van der Waals surface area contributed by atoms with Crippen LogP contribution < -0.4 is 5.43 Å². The second kappa shape index (κ2) is 7.28. The smallest absolute Gasteiger partial charge is 0.197 e. The molecule has 1 aliphatic carbocycles. The van der Waals surface area contributed by atoms with Gasteiger partial charge in [-0.25, -0.2) is 0 Å². The van der Waals surface area contributed by atoms with E-state index in [0.29, 0.717) is 36.3 Å². The fraction of sp³-hybridized carbons (Fsp3) is 0.381. The number of hydrogen-bond acceptors (Lipinski definition) is 6. The Balaban J connectivity index is 1.96. The number of aliphatic hydroxyl groups is 1. The third-order valence-electron chi connectivity index (χ3n) is 5.53. The highest BCUT2D eigenvalue weighted by molar-refractivity contribution is 6.26. The van der Waals surface area contributed by atoms with Gasteiger partial charge in [-0.2, -0.15) is 0 Å². The topological polar surface area (TPSA) is 94.1 Å². The van der Waals surface area contributed by atoms with Crippen molar-refractivity contribution in [1.29, 1.82) is 0 Å². The summed E-state index contributed by atoms with van der Waals surface area (Å²) in [4.78, 5) is 14.8. The number of phenolic OH excluding ortho intramolecular Hbond substituents is 2. The summed E-state index contributed by atoms with van der Waals surface area (Å²) in [7, 11) is 1.91. The third-order valence-corrected chi connectivity index (χ3v) is 5.94. The average molecular weight is 404 g/mol. The minimum Gasteiger partial charge on any atom is -0.507 e. The first-order valence-electron chi connectivity index (χ1n) is 9.27. The first kappa shape index (κ1) is 19.1. The van der Waals surface area contributed by atoms with E-state index in [-0.39, 0.29) is 27.8 Å². The molecule has 1 aromatic carbocycles. The molecular formula is C21H22ClNO5. The number of piperidine rings is 1. The largest absolute Gasteiger partial charge is 0.507 e. The normalized spacial score (nSPS) is 25.8. The van der Waals surface area contributed by atoms with Crippen LogP contribution in [0, 0.1) is 0 Å². The van der Waals surface area contributed by atoms with Crippen LogP contribution in [0.25, 0.3) is 16.5 Å². The summed E-state index contributed by atoms with van der Waals surface area (Å²) in [5.41, 5.74) is 0.705. The van der Waals surface area contributed by atoms with Crippen molar-refractivity contribution in [2.24, 2.45) is 0 Å². The van der Waals surface area contributed by atoms with Crippen LogP contribution in [-0.4, -0.2) is 51.8 Å². The monoisotopic (exact) mass is 403 g/mol. The van der Waals surface area contributed by atoms with Crippen molar-refractivity contribution >= 4 is 28.1 Å². The molecule has 2 heterocycles. The number of likely N-dealkylation sites (tertiary alicyclic amines) is 1. The lowest BCUT2D eigenvalue weighted by molar-refractivity contribution is 0.0630. The van der Waals surface area contributed by atoms with Crippen LogP contribution in [0.15, 0.2) is 39.6 Å². The van der Waals surface area contributed by atoms with Gasteiger partial charge >= 0.3 is 0 Å². The van der Waals surface area contributed by atoms with Crippen LogP contribution in [-0.2, 0) is 0 Å². The van der Waals surface area contributed by atoms with E-state index in [4.69, 9.17) is 16.0 Å². The highest BCUT2D eigenvalue weighted by atomic mass is 35.5. The first-order valence-corrected chi connectivity index (χ1v) is 9.71. The predicted molar refractivity (Wildman–Crippen MR) is 108 cm³/mol. The van der Waals surface area contributed by atoms with E-state index in [0.717, 1.165) is 12.6 Å². The summed E-state index contributed by atoms with van der Waals surface area (Å²) in [6, 6.07) is 2.46. The lowest BCUT2D eigenvalue weighted by Gasteiger charge is -2.34. The van der Waals surface area contributed by atoms with Gasteiger partial charge in [0.05, 0.1) is 11.5 Å². The van der Waals surface area contributed by atoms with E-state index in [1.807, 2.05) is 24.1 Å². The first-order chi connectivity index (χ1) is 13.4. The number of nitrogens with zero attached hydrogens (tertiary/aromatic N) is 1. The number of phenols is 2. The third kappa shape index (κ3) is 3.21. The molecule has 28 heavy (non-hydrogen) atoms. The van der Waals surface area contributed by atoms with E-state index in [9.17, 15) is 20.1 Å². The quantitative estimate of drug-likeness (QED) is 0.667. The molecular weight excluding hydrogens is 382 g/mol. The number of hydrogen-bond donors (Lipinski definition) is 3. The molecule has 0 amide bonds. The molecule has 4 rings (SSSR count). The van der Waals surface area contributed by atoms with Crippen LogP contribution in [0.3, 0.4) is 0 Å². The molecule has 1 saturated heterocycles. The molecule has 2 aliphatic rings. The standard InChI is InChI=1S/C21H22ClNO5/c1-23-7-6-12(17(27)10-23)19-14(24)8-15(25)20-16(26)9-18(28-21(19)20)11-4-2-3-5-13(11)22/h2-4,8-9,12-13,17,24-25,27H,5-7,10H2,1H3/t12-,13?,17+/m0/s1. The Hall–Kier alpha value is -2.28. The van der Waals surface area contributed by atoms with E-state index in [1.165, 1.54) is 6.07 Å². The van der Waals surface area contributed by atoms with Gasteiger partial charge in [-0.15, -0.1) is 11.6 Å². The number of fused-ring (bicyclic) bond motifs is 1. The Morgan fingerprint density at radius 2 is 2.04 bits per heavy atom. The van der Waals surface area contributed by atoms with E-state index in [2.05, 4.69) is 0 Å². The molecule has 1 fully saturated rings. The lowest BCUT2D eigenvalue weighted by Crippen LogP contribution is -2.40. The van der Waals surface area contributed by atoms with E-state index in [1.54, 1.807) is 6.08 Å². The summed E-state index contributed by atoms with van der Waals surface area (Å²) in [6.45, 7) is 1.17. The van der Waals surface area contributed by atoms with Gasteiger partial charge in [0.25, 0.3) is 0 Å². The summed E-state index contributed by atoms with van der Waals surface area (Å²) in [5, 5.41) is 31.1. The number of benzene rings is 1. The molecule has 3 atom stereocenters. The Kier molecular flexibility index (Phi) is 4.95. The molecule has 7 heteroatoms. The van der Waals surface area contributed by atoms with Crippen LogP contribution in [0.2, 0.25) is 0 Å². The maximum atomic E-state index is 12.8.